The number of nitrogens with zero attached hydrogens (tertiary/aromatic N) is 1. The van der Waals surface area contributed by atoms with Gasteiger partial charge in [-0.25, -0.2) is 8.42 Å². The fraction of sp³-hybridized carbons (Fsp3) is 0.556. The van der Waals surface area contributed by atoms with Crippen LogP contribution < -0.4 is 10.0 Å². The zero-order valence-electron chi connectivity index (χ0n) is 9.14. The molecule has 3 N–H and O–H groups in total. The first-order valence-corrected chi connectivity index (χ1v) is 6.87. The van der Waals surface area contributed by atoms with E-state index in [4.69, 9.17) is 0 Å². The van der Waals surface area contributed by atoms with Crippen LogP contribution in [0.15, 0.2) is 17.3 Å². The highest BCUT2D eigenvalue weighted by Gasteiger charge is 2.27. The second kappa shape index (κ2) is 4.84. The van der Waals surface area contributed by atoms with Crippen LogP contribution in [0.5, 0.6) is 0 Å². The van der Waals surface area contributed by atoms with Crippen molar-refractivity contribution in [2.75, 3.05) is 6.54 Å². The second-order valence-electron chi connectivity index (χ2n) is 3.89. The van der Waals surface area contributed by atoms with E-state index in [2.05, 4.69) is 20.2 Å². The summed E-state index contributed by atoms with van der Waals surface area (Å²) in [5.74, 6) is -0.269. The number of sulfonamides is 1. The Morgan fingerprint density at radius 2 is 2.24 bits per heavy atom. The fourth-order valence-electron chi connectivity index (χ4n) is 1.69. The van der Waals surface area contributed by atoms with Crippen LogP contribution in [0.1, 0.15) is 19.3 Å². The molecule has 2 rings (SSSR count). The third-order valence-corrected chi connectivity index (χ3v) is 4.05. The minimum atomic E-state index is -3.67. The molecule has 0 saturated carbocycles. The van der Waals surface area contributed by atoms with Crippen molar-refractivity contribution in [3.63, 3.8) is 0 Å². The predicted molar refractivity (Wildman–Crippen MR) is 59.6 cm³/mol. The Morgan fingerprint density at radius 1 is 1.41 bits per heavy atom. The number of carbonyl (C=O) groups excluding carboxylic acids is 1. The molecule has 1 unspecified atom stereocenters. The Labute approximate surface area is 99.0 Å². The predicted octanol–water partition coefficient (Wildman–Crippen LogP) is -0.643. The van der Waals surface area contributed by atoms with Crippen LogP contribution in [-0.2, 0) is 14.8 Å². The first-order chi connectivity index (χ1) is 8.09. The van der Waals surface area contributed by atoms with Gasteiger partial charge in [-0.1, -0.05) is 0 Å². The van der Waals surface area contributed by atoms with Gasteiger partial charge < -0.3 is 5.32 Å². The number of hydrogen-bond acceptors (Lipinski definition) is 4. The topological polar surface area (TPSA) is 104 Å². The van der Waals surface area contributed by atoms with E-state index in [1.165, 1.54) is 12.4 Å². The molecule has 0 spiro atoms. The minimum absolute atomic E-state index is 0.0366. The van der Waals surface area contributed by atoms with Crippen molar-refractivity contribution in [1.82, 2.24) is 20.2 Å². The molecular formula is C9H14N4O3S. The number of hydrogen-bond donors (Lipinski definition) is 3. The highest BCUT2D eigenvalue weighted by Crippen LogP contribution is 2.10. The molecule has 0 aliphatic carbocycles. The van der Waals surface area contributed by atoms with E-state index < -0.39 is 16.1 Å². The molecule has 1 aromatic rings. The van der Waals surface area contributed by atoms with Crippen LogP contribution in [0, 0.1) is 0 Å². The molecule has 1 amide bonds. The van der Waals surface area contributed by atoms with Crippen molar-refractivity contribution in [2.24, 2.45) is 0 Å². The maximum atomic E-state index is 11.9. The molecule has 17 heavy (non-hydrogen) atoms. The molecule has 1 aliphatic heterocycles. The van der Waals surface area contributed by atoms with Gasteiger partial charge in [-0.3, -0.25) is 9.89 Å². The van der Waals surface area contributed by atoms with E-state index in [0.29, 0.717) is 13.0 Å². The summed E-state index contributed by atoms with van der Waals surface area (Å²) in [5.41, 5.74) is 0. The van der Waals surface area contributed by atoms with Gasteiger partial charge in [0, 0.05) is 12.7 Å². The lowest BCUT2D eigenvalue weighted by Gasteiger charge is -2.14. The summed E-state index contributed by atoms with van der Waals surface area (Å²) >= 11 is 0. The fourth-order valence-corrected chi connectivity index (χ4v) is 2.83. The lowest BCUT2D eigenvalue weighted by Crippen LogP contribution is -2.45. The van der Waals surface area contributed by atoms with E-state index in [1.54, 1.807) is 0 Å². The van der Waals surface area contributed by atoms with Crippen LogP contribution >= 0.6 is 0 Å². The molecule has 1 atom stereocenters. The summed E-state index contributed by atoms with van der Waals surface area (Å²) in [5, 5.41) is 8.67. The average Bonchev–Trinajstić information content (AvgIpc) is 2.74. The van der Waals surface area contributed by atoms with Crippen LogP contribution in [0.3, 0.4) is 0 Å². The van der Waals surface area contributed by atoms with Gasteiger partial charge in [0.25, 0.3) is 0 Å². The smallest absolute Gasteiger partial charge is 0.244 e. The third-order valence-electron chi connectivity index (χ3n) is 2.62. The molecule has 0 radical (unpaired) electrons. The number of rotatable bonds is 3. The number of aromatic nitrogens is 2. The monoisotopic (exact) mass is 258 g/mol. The van der Waals surface area contributed by atoms with Gasteiger partial charge in [0.15, 0.2) is 0 Å². The first kappa shape index (κ1) is 12.1. The molecule has 94 valence electrons. The Hall–Kier alpha value is -1.41. The van der Waals surface area contributed by atoms with Crippen LogP contribution in [-0.4, -0.2) is 37.1 Å². The van der Waals surface area contributed by atoms with Gasteiger partial charge in [0.1, 0.15) is 10.9 Å². The molecule has 1 aliphatic rings. The average molecular weight is 258 g/mol. The van der Waals surface area contributed by atoms with Crippen LogP contribution in [0.4, 0.5) is 0 Å². The van der Waals surface area contributed by atoms with Gasteiger partial charge in [0.2, 0.25) is 15.9 Å². The van der Waals surface area contributed by atoms with Gasteiger partial charge in [-0.2, -0.15) is 9.82 Å². The van der Waals surface area contributed by atoms with Crippen molar-refractivity contribution < 1.29 is 13.2 Å². The number of aromatic amines is 1. The van der Waals surface area contributed by atoms with E-state index in [9.17, 15) is 13.2 Å². The molecule has 1 aromatic heterocycles. The van der Waals surface area contributed by atoms with Crippen molar-refractivity contribution >= 4 is 15.9 Å². The molecule has 0 bridgehead atoms. The second-order valence-corrected chi connectivity index (χ2v) is 5.61. The number of amides is 1. The van der Waals surface area contributed by atoms with E-state index in [1.807, 2.05) is 0 Å². The summed E-state index contributed by atoms with van der Waals surface area (Å²) < 4.78 is 26.1. The Kier molecular flexibility index (Phi) is 3.43. The molecule has 2 heterocycles. The van der Waals surface area contributed by atoms with Gasteiger partial charge in [-0.15, -0.1) is 0 Å². The zero-order chi connectivity index (χ0) is 12.3. The lowest BCUT2D eigenvalue weighted by molar-refractivity contribution is -0.122. The van der Waals surface area contributed by atoms with Gasteiger partial charge in [0.05, 0.1) is 6.20 Å². The van der Waals surface area contributed by atoms with Gasteiger partial charge in [-0.05, 0) is 19.3 Å². The van der Waals surface area contributed by atoms with Crippen molar-refractivity contribution in [1.29, 1.82) is 0 Å². The molecule has 1 fully saturated rings. The first-order valence-electron chi connectivity index (χ1n) is 5.38. The maximum absolute atomic E-state index is 11.9. The third kappa shape index (κ3) is 2.83. The van der Waals surface area contributed by atoms with Crippen molar-refractivity contribution in [3.05, 3.63) is 12.4 Å². The Balaban J connectivity index is 2.12. The molecule has 0 aromatic carbocycles. The standard InChI is InChI=1S/C9H14N4O3S/c14-9-8(3-1-2-4-10-9)13-17(15,16)7-5-11-12-6-7/h5-6,8,13H,1-4H2,(H,10,14)(H,11,12). The van der Waals surface area contributed by atoms with E-state index in [-0.39, 0.29) is 10.8 Å². The summed E-state index contributed by atoms with van der Waals surface area (Å²) in [6.07, 6.45) is 4.68. The molecule has 7 nitrogen and oxygen atoms in total. The highest BCUT2D eigenvalue weighted by atomic mass is 32.2. The Bertz CT molecular complexity index is 482. The quantitative estimate of drug-likeness (QED) is 0.670. The number of carbonyl (C=O) groups is 1. The normalized spacial score (nSPS) is 21.9. The Morgan fingerprint density at radius 3 is 2.94 bits per heavy atom. The summed E-state index contributed by atoms with van der Waals surface area (Å²) in [7, 11) is -3.67. The molecular weight excluding hydrogens is 244 g/mol. The van der Waals surface area contributed by atoms with Crippen molar-refractivity contribution in [3.8, 4) is 0 Å². The van der Waals surface area contributed by atoms with Crippen LogP contribution in [0.2, 0.25) is 0 Å². The maximum Gasteiger partial charge on any atom is 0.244 e. The lowest BCUT2D eigenvalue weighted by atomic mass is 10.1. The van der Waals surface area contributed by atoms with E-state index in [0.717, 1.165) is 12.8 Å². The van der Waals surface area contributed by atoms with E-state index >= 15 is 0 Å². The van der Waals surface area contributed by atoms with Crippen LogP contribution in [0.25, 0.3) is 0 Å². The molecule has 8 heteroatoms. The number of nitrogens with one attached hydrogen (secondary N) is 3. The SMILES string of the molecule is O=C1NCCCCC1NS(=O)(=O)c1cn[nH]c1. The summed E-state index contributed by atoms with van der Waals surface area (Å²) in [6.45, 7) is 0.600. The number of H-pyrrole nitrogens is 1. The van der Waals surface area contributed by atoms with Crippen molar-refractivity contribution in [2.45, 2.75) is 30.2 Å². The molecule has 1 saturated heterocycles. The minimum Gasteiger partial charge on any atom is -0.355 e. The highest BCUT2D eigenvalue weighted by molar-refractivity contribution is 7.89. The summed E-state index contributed by atoms with van der Waals surface area (Å²) in [6, 6.07) is -0.697. The van der Waals surface area contributed by atoms with Gasteiger partial charge >= 0.3 is 0 Å². The largest absolute Gasteiger partial charge is 0.355 e. The zero-order valence-corrected chi connectivity index (χ0v) is 9.96. The summed E-state index contributed by atoms with van der Waals surface area (Å²) in [4.78, 5) is 11.6.